The van der Waals surface area contributed by atoms with Crippen molar-refractivity contribution < 1.29 is 14.3 Å². The molecule has 2 rings (SSSR count). The van der Waals surface area contributed by atoms with Crippen molar-refractivity contribution in [2.75, 3.05) is 0 Å². The predicted octanol–water partition coefficient (Wildman–Crippen LogP) is 1.92. The molecule has 1 unspecified atom stereocenters. The summed E-state index contributed by atoms with van der Waals surface area (Å²) in [6, 6.07) is 5.74. The van der Waals surface area contributed by atoms with E-state index in [9.17, 15) is 9.59 Å². The number of carbonyl (C=O) groups is 1. The Morgan fingerprint density at radius 2 is 2.11 bits per heavy atom. The monoisotopic (exact) mass is 267 g/mol. The van der Waals surface area contributed by atoms with E-state index in [4.69, 9.17) is 26.9 Å². The minimum Gasteiger partial charge on any atom is -0.481 e. The van der Waals surface area contributed by atoms with Crippen LogP contribution in [0.25, 0.3) is 11.0 Å². The Labute approximate surface area is 107 Å². The fourth-order valence-corrected chi connectivity index (χ4v) is 2.10. The molecule has 5 nitrogen and oxygen atoms in total. The van der Waals surface area contributed by atoms with Gasteiger partial charge in [-0.05, 0) is 12.1 Å². The molecule has 0 aliphatic rings. The first kappa shape index (κ1) is 12.6. The molecular formula is C12H10ClNO4. The third-order valence-electron chi connectivity index (χ3n) is 2.55. The molecule has 6 heteroatoms. The molecule has 3 N–H and O–H groups in total. The molecule has 0 aliphatic heterocycles. The Hall–Kier alpha value is -1.85. The summed E-state index contributed by atoms with van der Waals surface area (Å²) in [5.74, 6) is -1.11. The Bertz CT molecular complexity index is 665. The van der Waals surface area contributed by atoms with E-state index < -0.39 is 17.6 Å². The van der Waals surface area contributed by atoms with Crippen molar-refractivity contribution >= 4 is 28.5 Å². The summed E-state index contributed by atoms with van der Waals surface area (Å²) in [6.45, 7) is 0. The summed E-state index contributed by atoms with van der Waals surface area (Å²) in [5.41, 5.74) is 5.31. The number of aliphatic carboxylic acids is 1. The predicted molar refractivity (Wildman–Crippen MR) is 66.7 cm³/mol. The molecule has 0 aliphatic carbocycles. The number of carboxylic acid groups (broad SMARTS) is 1. The Balaban J connectivity index is 2.64. The molecule has 0 saturated carbocycles. The van der Waals surface area contributed by atoms with Crippen molar-refractivity contribution in [2.24, 2.45) is 5.73 Å². The van der Waals surface area contributed by atoms with Gasteiger partial charge in [0.25, 0.3) is 0 Å². The van der Waals surface area contributed by atoms with Crippen LogP contribution in [0.1, 0.15) is 18.0 Å². The van der Waals surface area contributed by atoms with E-state index in [0.717, 1.165) is 0 Å². The highest BCUT2D eigenvalue weighted by molar-refractivity contribution is 6.36. The van der Waals surface area contributed by atoms with Crippen LogP contribution >= 0.6 is 11.6 Å². The molecule has 2 aromatic rings. The molecule has 1 atom stereocenters. The molecule has 94 valence electrons. The van der Waals surface area contributed by atoms with E-state index in [1.54, 1.807) is 24.3 Å². The fraction of sp³-hybridized carbons (Fsp3) is 0.167. The minimum absolute atomic E-state index is 0.00207. The summed E-state index contributed by atoms with van der Waals surface area (Å²) in [6.07, 6.45) is -0.386. The summed E-state index contributed by atoms with van der Waals surface area (Å²) >= 11 is 6.09. The van der Waals surface area contributed by atoms with E-state index in [1.807, 2.05) is 0 Å². The number of para-hydroxylation sites is 1. The van der Waals surface area contributed by atoms with Crippen molar-refractivity contribution in [3.63, 3.8) is 0 Å². The average molecular weight is 268 g/mol. The number of nitrogens with two attached hydrogens (primary N) is 1. The van der Waals surface area contributed by atoms with E-state index in [-0.39, 0.29) is 17.0 Å². The maximum Gasteiger partial charge on any atom is 0.342 e. The number of hydrogen-bond acceptors (Lipinski definition) is 4. The molecule has 0 spiro atoms. The highest BCUT2D eigenvalue weighted by atomic mass is 35.5. The van der Waals surface area contributed by atoms with Gasteiger partial charge in [0.2, 0.25) is 0 Å². The number of fused-ring (bicyclic) bond motifs is 1. The molecule has 0 bridgehead atoms. The topological polar surface area (TPSA) is 93.5 Å². The van der Waals surface area contributed by atoms with Gasteiger partial charge in [0, 0.05) is 11.4 Å². The van der Waals surface area contributed by atoms with Crippen molar-refractivity contribution in [1.29, 1.82) is 0 Å². The van der Waals surface area contributed by atoms with Gasteiger partial charge in [-0.2, -0.15) is 0 Å². The normalized spacial score (nSPS) is 12.6. The highest BCUT2D eigenvalue weighted by Gasteiger charge is 2.21. The number of carboxylic acids is 1. The number of halogens is 1. The van der Waals surface area contributed by atoms with E-state index in [1.165, 1.54) is 0 Å². The largest absolute Gasteiger partial charge is 0.481 e. The van der Waals surface area contributed by atoms with Gasteiger partial charge in [-0.15, -0.1) is 0 Å². The average Bonchev–Trinajstić information content (AvgIpc) is 2.27. The number of benzene rings is 1. The van der Waals surface area contributed by atoms with Crippen molar-refractivity contribution in [3.05, 3.63) is 45.3 Å². The Kier molecular flexibility index (Phi) is 3.36. The second-order valence-corrected chi connectivity index (χ2v) is 4.20. The molecule has 0 amide bonds. The van der Waals surface area contributed by atoms with Gasteiger partial charge in [0.15, 0.2) is 0 Å². The maximum atomic E-state index is 11.8. The van der Waals surface area contributed by atoms with Crippen molar-refractivity contribution in [3.8, 4) is 0 Å². The van der Waals surface area contributed by atoms with Crippen LogP contribution in [0.4, 0.5) is 0 Å². The fourth-order valence-electron chi connectivity index (χ4n) is 1.73. The lowest BCUT2D eigenvalue weighted by Gasteiger charge is -2.11. The Morgan fingerprint density at radius 3 is 2.78 bits per heavy atom. The zero-order valence-corrected chi connectivity index (χ0v) is 9.98. The SMILES string of the molecule is NC(CC(=O)O)c1c(Cl)c2ccccc2oc1=O. The van der Waals surface area contributed by atoms with Gasteiger partial charge < -0.3 is 15.3 Å². The van der Waals surface area contributed by atoms with Crippen LogP contribution in [0.2, 0.25) is 5.02 Å². The number of rotatable bonds is 3. The van der Waals surface area contributed by atoms with Crippen LogP contribution in [0, 0.1) is 0 Å². The highest BCUT2D eigenvalue weighted by Crippen LogP contribution is 2.28. The third-order valence-corrected chi connectivity index (χ3v) is 2.96. The first-order valence-electron chi connectivity index (χ1n) is 5.19. The van der Waals surface area contributed by atoms with Crippen LogP contribution in [0.15, 0.2) is 33.5 Å². The van der Waals surface area contributed by atoms with Gasteiger partial charge in [0.05, 0.1) is 17.0 Å². The smallest absolute Gasteiger partial charge is 0.342 e. The standard InChI is InChI=1S/C12H10ClNO4/c13-11-6-3-1-2-4-8(6)18-12(17)10(11)7(14)5-9(15)16/h1-4,7H,5,14H2,(H,15,16). The summed E-state index contributed by atoms with van der Waals surface area (Å²) < 4.78 is 5.06. The molecule has 18 heavy (non-hydrogen) atoms. The quantitative estimate of drug-likeness (QED) is 0.829. The summed E-state index contributed by atoms with van der Waals surface area (Å²) in [5, 5.41) is 9.37. The lowest BCUT2D eigenvalue weighted by atomic mass is 10.0. The van der Waals surface area contributed by atoms with E-state index >= 15 is 0 Å². The third kappa shape index (κ3) is 2.23. The first-order valence-corrected chi connectivity index (χ1v) is 5.57. The lowest BCUT2D eigenvalue weighted by Crippen LogP contribution is -2.22. The second kappa shape index (κ2) is 4.80. The van der Waals surface area contributed by atoms with Crippen LogP contribution in [0.3, 0.4) is 0 Å². The minimum atomic E-state index is -1.11. The summed E-state index contributed by atoms with van der Waals surface area (Å²) in [4.78, 5) is 22.4. The van der Waals surface area contributed by atoms with Crippen molar-refractivity contribution in [1.82, 2.24) is 0 Å². The maximum absolute atomic E-state index is 11.8. The number of hydrogen-bond donors (Lipinski definition) is 2. The lowest BCUT2D eigenvalue weighted by molar-refractivity contribution is -0.137. The van der Waals surface area contributed by atoms with Crippen LogP contribution in [0.5, 0.6) is 0 Å². The van der Waals surface area contributed by atoms with Gasteiger partial charge in [-0.3, -0.25) is 4.79 Å². The van der Waals surface area contributed by atoms with Gasteiger partial charge in [-0.25, -0.2) is 4.79 Å². The van der Waals surface area contributed by atoms with Gasteiger partial charge in [0.1, 0.15) is 5.58 Å². The van der Waals surface area contributed by atoms with Crippen LogP contribution < -0.4 is 11.4 Å². The van der Waals surface area contributed by atoms with E-state index in [2.05, 4.69) is 0 Å². The molecule has 0 saturated heterocycles. The van der Waals surface area contributed by atoms with Crippen LogP contribution in [-0.2, 0) is 4.79 Å². The molecule has 1 heterocycles. The molecule has 0 radical (unpaired) electrons. The molecular weight excluding hydrogens is 258 g/mol. The zero-order chi connectivity index (χ0) is 13.3. The Morgan fingerprint density at radius 1 is 1.44 bits per heavy atom. The molecule has 0 fully saturated rings. The van der Waals surface area contributed by atoms with E-state index in [0.29, 0.717) is 11.0 Å². The van der Waals surface area contributed by atoms with Gasteiger partial charge in [-0.1, -0.05) is 23.7 Å². The summed E-state index contributed by atoms with van der Waals surface area (Å²) in [7, 11) is 0. The zero-order valence-electron chi connectivity index (χ0n) is 9.22. The second-order valence-electron chi connectivity index (χ2n) is 3.82. The van der Waals surface area contributed by atoms with Crippen molar-refractivity contribution in [2.45, 2.75) is 12.5 Å². The van der Waals surface area contributed by atoms with Gasteiger partial charge >= 0.3 is 11.6 Å². The van der Waals surface area contributed by atoms with Crippen LogP contribution in [-0.4, -0.2) is 11.1 Å². The first-order chi connectivity index (χ1) is 8.50. The molecule has 1 aromatic heterocycles. The molecule has 1 aromatic carbocycles.